The number of hydrogen-bond acceptors (Lipinski definition) is 13. The Morgan fingerprint density at radius 1 is 0.468 bits per heavy atom. The van der Waals surface area contributed by atoms with Crippen molar-refractivity contribution < 1.29 is 64.6 Å². The zero-order valence-electron chi connectivity index (χ0n) is 49.3. The molecule has 2 aliphatic heterocycles. The summed E-state index contributed by atoms with van der Waals surface area (Å²) in [5.41, 5.74) is 0. The lowest BCUT2D eigenvalue weighted by atomic mass is 9.97. The maximum Gasteiger partial charge on any atom is 0.220 e. The highest BCUT2D eigenvalue weighted by molar-refractivity contribution is 5.76. The van der Waals surface area contributed by atoms with Crippen molar-refractivity contribution in [3.63, 3.8) is 0 Å². The van der Waals surface area contributed by atoms with E-state index in [4.69, 9.17) is 18.9 Å². The predicted octanol–water partition coefficient (Wildman–Crippen LogP) is 11.5. The number of allylic oxidation sites excluding steroid dienone is 11. The van der Waals surface area contributed by atoms with Gasteiger partial charge in [-0.3, -0.25) is 4.79 Å². The number of carbonyl (C=O) groups excluding carboxylic acids is 1. The summed E-state index contributed by atoms with van der Waals surface area (Å²) >= 11 is 0. The van der Waals surface area contributed by atoms with Gasteiger partial charge in [0.05, 0.1) is 32.0 Å². The van der Waals surface area contributed by atoms with Crippen LogP contribution in [-0.4, -0.2) is 140 Å². The summed E-state index contributed by atoms with van der Waals surface area (Å²) in [6.45, 7) is 2.68. The number of rotatable bonds is 50. The molecule has 458 valence electrons. The second kappa shape index (κ2) is 50.0. The third-order valence-corrected chi connectivity index (χ3v) is 15.1. The number of hydrogen-bond donors (Lipinski definition) is 9. The molecule has 2 fully saturated rings. The van der Waals surface area contributed by atoms with E-state index in [1.165, 1.54) is 141 Å². The summed E-state index contributed by atoms with van der Waals surface area (Å²) in [5, 5.41) is 87.2. The van der Waals surface area contributed by atoms with Crippen molar-refractivity contribution in [3.8, 4) is 0 Å². The molecule has 0 aliphatic carbocycles. The van der Waals surface area contributed by atoms with E-state index in [1.54, 1.807) is 6.08 Å². The minimum Gasteiger partial charge on any atom is -0.394 e. The van der Waals surface area contributed by atoms with Crippen LogP contribution in [0.15, 0.2) is 72.9 Å². The highest BCUT2D eigenvalue weighted by Gasteiger charge is 2.51. The molecule has 79 heavy (non-hydrogen) atoms. The molecule has 2 saturated heterocycles. The lowest BCUT2D eigenvalue weighted by Gasteiger charge is -2.46. The maximum absolute atomic E-state index is 13.3. The summed E-state index contributed by atoms with van der Waals surface area (Å²) in [6.07, 6.45) is 49.4. The molecule has 0 saturated carbocycles. The topological polar surface area (TPSA) is 228 Å². The van der Waals surface area contributed by atoms with Crippen LogP contribution in [0.2, 0.25) is 0 Å². The minimum absolute atomic E-state index is 0.255. The summed E-state index contributed by atoms with van der Waals surface area (Å²) in [7, 11) is 0. The van der Waals surface area contributed by atoms with Gasteiger partial charge < -0.3 is 65.1 Å². The maximum atomic E-state index is 13.3. The number of ether oxygens (including phenoxy) is 4. The Morgan fingerprint density at radius 3 is 1.39 bits per heavy atom. The largest absolute Gasteiger partial charge is 0.394 e. The summed E-state index contributed by atoms with van der Waals surface area (Å²) in [6, 6.07) is -0.938. The Hall–Kier alpha value is -2.57. The van der Waals surface area contributed by atoms with Gasteiger partial charge in [0.15, 0.2) is 12.6 Å². The molecule has 0 aromatic heterocycles. The van der Waals surface area contributed by atoms with Crippen LogP contribution in [0.4, 0.5) is 0 Å². The molecule has 0 radical (unpaired) electrons. The fourth-order valence-electron chi connectivity index (χ4n) is 10.1. The molecule has 0 aromatic carbocycles. The fraction of sp³-hybridized carbons (Fsp3) is 0.800. The van der Waals surface area contributed by atoms with Crippen molar-refractivity contribution in [2.75, 3.05) is 19.8 Å². The lowest BCUT2D eigenvalue weighted by Crippen LogP contribution is -2.65. The summed E-state index contributed by atoms with van der Waals surface area (Å²) < 4.78 is 22.8. The third kappa shape index (κ3) is 35.2. The van der Waals surface area contributed by atoms with E-state index in [-0.39, 0.29) is 18.9 Å². The van der Waals surface area contributed by atoms with Crippen molar-refractivity contribution in [1.29, 1.82) is 0 Å². The van der Waals surface area contributed by atoms with Crippen LogP contribution in [0.5, 0.6) is 0 Å². The van der Waals surface area contributed by atoms with E-state index < -0.39 is 86.8 Å². The molecule has 12 unspecified atom stereocenters. The summed E-state index contributed by atoms with van der Waals surface area (Å²) in [4.78, 5) is 13.3. The second-order valence-electron chi connectivity index (χ2n) is 22.1. The standard InChI is InChI=1S/C65H115NO13/c1-3-5-7-9-11-13-15-17-19-21-23-25-27-29-31-33-35-37-39-41-43-45-47-49-57(70)66-53(52-76-64-62(75)60(73)63(56(51-68)78-64)79-65-61(74)59(72)58(71)55(50-67)77-65)54(69)48-46-44-42-40-38-36-34-32-30-28-26-24-22-20-18-16-14-12-10-8-6-4-2/h5,7,11,13,17,19,23,25,38,40,46,48,53-56,58-65,67-69,71-75H,3-4,6,8-10,12,14-16,18,20-22,24,26-37,39,41-45,47,49-52H2,1-2H3,(H,66,70)/b7-5-,13-11-,19-17-,25-23-,40-38+,48-46+. The molecule has 0 aromatic rings. The van der Waals surface area contributed by atoms with Crippen LogP contribution in [0.25, 0.3) is 0 Å². The van der Waals surface area contributed by atoms with Gasteiger partial charge in [-0.25, -0.2) is 0 Å². The molecule has 12 atom stereocenters. The fourth-order valence-corrected chi connectivity index (χ4v) is 10.1. The quantitative estimate of drug-likeness (QED) is 0.0204. The van der Waals surface area contributed by atoms with Gasteiger partial charge in [0.2, 0.25) is 5.91 Å². The van der Waals surface area contributed by atoms with E-state index in [2.05, 4.69) is 79.9 Å². The Bertz CT molecular complexity index is 1600. The summed E-state index contributed by atoms with van der Waals surface area (Å²) in [5.74, 6) is -0.255. The first-order chi connectivity index (χ1) is 38.6. The number of aliphatic hydroxyl groups excluding tert-OH is 8. The van der Waals surface area contributed by atoms with Gasteiger partial charge in [-0.05, 0) is 70.6 Å². The van der Waals surface area contributed by atoms with Gasteiger partial charge in [0.1, 0.15) is 48.8 Å². The van der Waals surface area contributed by atoms with Crippen LogP contribution in [0, 0.1) is 0 Å². The first-order valence-electron chi connectivity index (χ1n) is 31.7. The molecule has 0 bridgehead atoms. The van der Waals surface area contributed by atoms with Crippen LogP contribution >= 0.6 is 0 Å². The first kappa shape index (κ1) is 72.5. The number of aliphatic hydroxyl groups is 8. The molecule has 9 N–H and O–H groups in total. The minimum atomic E-state index is -1.79. The van der Waals surface area contributed by atoms with E-state index >= 15 is 0 Å². The number of carbonyl (C=O) groups is 1. The molecule has 1 amide bonds. The van der Waals surface area contributed by atoms with Crippen molar-refractivity contribution in [3.05, 3.63) is 72.9 Å². The molecule has 0 spiro atoms. The van der Waals surface area contributed by atoms with Gasteiger partial charge in [-0.1, -0.05) is 234 Å². The lowest BCUT2D eigenvalue weighted by molar-refractivity contribution is -0.359. The second-order valence-corrected chi connectivity index (χ2v) is 22.1. The molecule has 2 aliphatic rings. The third-order valence-electron chi connectivity index (χ3n) is 15.1. The van der Waals surface area contributed by atoms with Gasteiger partial charge in [0, 0.05) is 6.42 Å². The first-order valence-corrected chi connectivity index (χ1v) is 31.7. The van der Waals surface area contributed by atoms with Crippen molar-refractivity contribution in [1.82, 2.24) is 5.32 Å². The molecular weight excluding hydrogens is 1000 g/mol. The van der Waals surface area contributed by atoms with E-state index in [1.807, 2.05) is 6.08 Å². The number of nitrogens with one attached hydrogen (secondary N) is 1. The van der Waals surface area contributed by atoms with E-state index in [9.17, 15) is 45.6 Å². The van der Waals surface area contributed by atoms with Crippen molar-refractivity contribution >= 4 is 5.91 Å². The van der Waals surface area contributed by atoms with Gasteiger partial charge in [-0.15, -0.1) is 0 Å². The average molecular weight is 1120 g/mol. The SMILES string of the molecule is CC/C=C\C/C=C\C/C=C\C/C=C\CCCCCCCCCCCCC(=O)NC(COC1OC(CO)C(OC2OC(CO)C(O)C(O)C2O)C(O)C1O)C(O)/C=C/CC/C=C/CCCCCCCCCCCCCCCCCC. The van der Waals surface area contributed by atoms with Crippen LogP contribution in [-0.2, 0) is 23.7 Å². The van der Waals surface area contributed by atoms with Crippen LogP contribution < -0.4 is 5.32 Å². The Kier molecular flexibility index (Phi) is 45.9. The number of unbranched alkanes of at least 4 members (excludes halogenated alkanes) is 27. The van der Waals surface area contributed by atoms with Crippen LogP contribution in [0.1, 0.15) is 239 Å². The predicted molar refractivity (Wildman–Crippen MR) is 318 cm³/mol. The molecule has 14 nitrogen and oxygen atoms in total. The van der Waals surface area contributed by atoms with Gasteiger partial charge in [-0.2, -0.15) is 0 Å². The van der Waals surface area contributed by atoms with Crippen LogP contribution in [0.3, 0.4) is 0 Å². The monoisotopic (exact) mass is 1120 g/mol. The van der Waals surface area contributed by atoms with Gasteiger partial charge >= 0.3 is 0 Å². The molecular formula is C65H115NO13. The normalized spacial score (nSPS) is 24.9. The van der Waals surface area contributed by atoms with Gasteiger partial charge in [0.25, 0.3) is 0 Å². The van der Waals surface area contributed by atoms with E-state index in [0.29, 0.717) is 12.8 Å². The molecule has 2 rings (SSSR count). The highest BCUT2D eigenvalue weighted by atomic mass is 16.7. The Morgan fingerprint density at radius 2 is 0.886 bits per heavy atom. The van der Waals surface area contributed by atoms with Crippen molar-refractivity contribution in [2.45, 2.75) is 312 Å². The Labute approximate surface area is 478 Å². The van der Waals surface area contributed by atoms with E-state index in [0.717, 1.165) is 64.2 Å². The highest BCUT2D eigenvalue weighted by Crippen LogP contribution is 2.30. The smallest absolute Gasteiger partial charge is 0.220 e. The zero-order chi connectivity index (χ0) is 57.4. The molecule has 2 heterocycles. The molecule has 14 heteroatoms. The zero-order valence-corrected chi connectivity index (χ0v) is 49.3. The average Bonchev–Trinajstić information content (AvgIpc) is 3.47. The Balaban J connectivity index is 1.76. The number of amides is 1. The van der Waals surface area contributed by atoms with Crippen molar-refractivity contribution in [2.24, 2.45) is 0 Å².